The van der Waals surface area contributed by atoms with Crippen LogP contribution in [0.1, 0.15) is 6.92 Å². The molecular formula is C7H12O5. The molecule has 5 heteroatoms. The number of carboxylic acids is 1. The summed E-state index contributed by atoms with van der Waals surface area (Å²) in [5.74, 6) is -1.58. The number of carbonyl (C=O) groups is 2. The average Bonchev–Trinajstić information content (AvgIpc) is 2.04. The summed E-state index contributed by atoms with van der Waals surface area (Å²) in [5, 5.41) is 15.8. The summed E-state index contributed by atoms with van der Waals surface area (Å²) < 4.78 is 4.14. The fourth-order valence-electron chi connectivity index (χ4n) is 0.0833. The fourth-order valence-corrected chi connectivity index (χ4v) is 0.0833. The Morgan fingerprint density at radius 1 is 1.58 bits per heavy atom. The summed E-state index contributed by atoms with van der Waals surface area (Å²) >= 11 is 0. The van der Waals surface area contributed by atoms with Crippen LogP contribution in [0.5, 0.6) is 0 Å². The Hall–Kier alpha value is -1.36. The number of hydrogen-bond acceptors (Lipinski definition) is 4. The van der Waals surface area contributed by atoms with Crippen LogP contribution in [0.15, 0.2) is 12.7 Å². The third-order valence-corrected chi connectivity index (χ3v) is 0.725. The van der Waals surface area contributed by atoms with Gasteiger partial charge in [0, 0.05) is 6.08 Å². The zero-order chi connectivity index (χ0) is 10.1. The number of methoxy groups -OCH3 is 1. The molecule has 1 unspecified atom stereocenters. The van der Waals surface area contributed by atoms with Crippen molar-refractivity contribution in [1.82, 2.24) is 0 Å². The minimum absolute atomic E-state index is 0.394. The Labute approximate surface area is 70.3 Å². The van der Waals surface area contributed by atoms with Crippen LogP contribution >= 0.6 is 0 Å². The van der Waals surface area contributed by atoms with Crippen LogP contribution in [0.3, 0.4) is 0 Å². The van der Waals surface area contributed by atoms with Crippen LogP contribution in [0.25, 0.3) is 0 Å². The van der Waals surface area contributed by atoms with Crippen molar-refractivity contribution in [3.63, 3.8) is 0 Å². The zero-order valence-corrected chi connectivity index (χ0v) is 6.98. The molecule has 0 aromatic rings. The number of esters is 1. The van der Waals surface area contributed by atoms with E-state index in [0.29, 0.717) is 0 Å². The highest BCUT2D eigenvalue weighted by Gasteiger charge is 2.01. The van der Waals surface area contributed by atoms with E-state index in [1.165, 1.54) is 14.0 Å². The van der Waals surface area contributed by atoms with E-state index in [0.717, 1.165) is 6.08 Å². The van der Waals surface area contributed by atoms with Crippen LogP contribution in [0, 0.1) is 0 Å². The van der Waals surface area contributed by atoms with Gasteiger partial charge in [-0.15, -0.1) is 0 Å². The molecule has 0 aliphatic heterocycles. The molecule has 0 rings (SSSR count). The van der Waals surface area contributed by atoms with Gasteiger partial charge >= 0.3 is 11.9 Å². The SMILES string of the molecule is C=CC(=O)OC.CC(O)C(=O)O. The lowest BCUT2D eigenvalue weighted by Crippen LogP contribution is -2.13. The predicted octanol–water partition coefficient (Wildman–Crippen LogP) is -0.203. The van der Waals surface area contributed by atoms with Crippen LogP contribution < -0.4 is 0 Å². The van der Waals surface area contributed by atoms with E-state index in [2.05, 4.69) is 11.3 Å². The molecule has 2 N–H and O–H groups in total. The highest BCUT2D eigenvalue weighted by Crippen LogP contribution is 1.73. The second-order valence-corrected chi connectivity index (χ2v) is 1.74. The van der Waals surface area contributed by atoms with E-state index in [1.807, 2.05) is 0 Å². The molecule has 1 atom stereocenters. The molecule has 0 radical (unpaired) electrons. The molecular weight excluding hydrogens is 164 g/mol. The maximum absolute atomic E-state index is 9.84. The number of hydrogen-bond donors (Lipinski definition) is 2. The van der Waals surface area contributed by atoms with Gasteiger partial charge in [0.05, 0.1) is 7.11 Å². The van der Waals surface area contributed by atoms with Gasteiger partial charge in [-0.25, -0.2) is 9.59 Å². The van der Waals surface area contributed by atoms with Gasteiger partial charge in [0.2, 0.25) is 0 Å². The first-order chi connectivity index (χ1) is 5.45. The van der Waals surface area contributed by atoms with Crippen molar-refractivity contribution in [2.75, 3.05) is 7.11 Å². The van der Waals surface area contributed by atoms with Gasteiger partial charge in [0.15, 0.2) is 0 Å². The molecule has 0 aromatic carbocycles. The number of ether oxygens (including phenoxy) is 1. The third kappa shape index (κ3) is 11.4. The van der Waals surface area contributed by atoms with Gasteiger partial charge in [-0.1, -0.05) is 6.58 Å². The second kappa shape index (κ2) is 7.74. The Morgan fingerprint density at radius 2 is 1.92 bits per heavy atom. The monoisotopic (exact) mass is 176 g/mol. The molecule has 0 spiro atoms. The first-order valence-corrected chi connectivity index (χ1v) is 3.07. The number of rotatable bonds is 2. The second-order valence-electron chi connectivity index (χ2n) is 1.74. The van der Waals surface area contributed by atoms with Gasteiger partial charge in [0.25, 0.3) is 0 Å². The number of aliphatic hydroxyl groups excluding tert-OH is 1. The quantitative estimate of drug-likeness (QED) is 0.449. The molecule has 70 valence electrons. The lowest BCUT2D eigenvalue weighted by atomic mass is 10.4. The maximum Gasteiger partial charge on any atom is 0.332 e. The molecule has 0 aliphatic rings. The van der Waals surface area contributed by atoms with Crippen LogP contribution in [-0.2, 0) is 14.3 Å². The first kappa shape index (κ1) is 13.2. The molecule has 5 nitrogen and oxygen atoms in total. The highest BCUT2D eigenvalue weighted by molar-refractivity contribution is 5.80. The van der Waals surface area contributed by atoms with Crippen molar-refractivity contribution in [2.24, 2.45) is 0 Å². The standard InChI is InChI=1S/C4H6O2.C3H6O3/c1-3-4(5)6-2;1-2(4)3(5)6/h3H,1H2,2H3;2,4H,1H3,(H,5,6). The molecule has 0 aliphatic carbocycles. The Balaban J connectivity index is 0. The van der Waals surface area contributed by atoms with Crippen molar-refractivity contribution in [3.05, 3.63) is 12.7 Å². The van der Waals surface area contributed by atoms with Gasteiger partial charge in [-0.3, -0.25) is 0 Å². The van der Waals surface area contributed by atoms with E-state index in [9.17, 15) is 9.59 Å². The summed E-state index contributed by atoms with van der Waals surface area (Å²) in [6, 6.07) is 0. The fraction of sp³-hybridized carbons (Fsp3) is 0.429. The van der Waals surface area contributed by atoms with E-state index in [1.54, 1.807) is 0 Å². The summed E-state index contributed by atoms with van der Waals surface area (Å²) in [5.41, 5.74) is 0. The minimum atomic E-state index is -1.23. The molecule has 0 fully saturated rings. The highest BCUT2D eigenvalue weighted by atomic mass is 16.5. The van der Waals surface area contributed by atoms with Crippen molar-refractivity contribution in [3.8, 4) is 0 Å². The third-order valence-electron chi connectivity index (χ3n) is 0.725. The molecule has 12 heavy (non-hydrogen) atoms. The Bertz CT molecular complexity index is 161. The molecule has 0 amide bonds. The minimum Gasteiger partial charge on any atom is -0.479 e. The Morgan fingerprint density at radius 3 is 1.92 bits per heavy atom. The van der Waals surface area contributed by atoms with Gasteiger partial charge in [0.1, 0.15) is 6.10 Å². The molecule has 0 bridgehead atoms. The van der Waals surface area contributed by atoms with Crippen LogP contribution in [-0.4, -0.2) is 35.4 Å². The van der Waals surface area contributed by atoms with E-state index < -0.39 is 18.0 Å². The normalized spacial score (nSPS) is 10.2. The molecule has 0 heterocycles. The van der Waals surface area contributed by atoms with E-state index in [-0.39, 0.29) is 0 Å². The Kier molecular flexibility index (Phi) is 8.55. The first-order valence-electron chi connectivity index (χ1n) is 3.07. The van der Waals surface area contributed by atoms with Crippen molar-refractivity contribution < 1.29 is 24.5 Å². The smallest absolute Gasteiger partial charge is 0.332 e. The number of carboxylic acid groups (broad SMARTS) is 1. The van der Waals surface area contributed by atoms with Gasteiger partial charge < -0.3 is 14.9 Å². The van der Waals surface area contributed by atoms with Crippen LogP contribution in [0.2, 0.25) is 0 Å². The summed E-state index contributed by atoms with van der Waals surface area (Å²) in [7, 11) is 1.31. The van der Waals surface area contributed by atoms with Crippen molar-refractivity contribution in [2.45, 2.75) is 13.0 Å². The molecule has 0 saturated heterocycles. The van der Waals surface area contributed by atoms with Crippen LogP contribution in [0.4, 0.5) is 0 Å². The zero-order valence-electron chi connectivity index (χ0n) is 6.98. The number of aliphatic hydroxyl groups is 1. The van der Waals surface area contributed by atoms with Gasteiger partial charge in [-0.2, -0.15) is 0 Å². The number of carbonyl (C=O) groups excluding carboxylic acids is 1. The predicted molar refractivity (Wildman–Crippen MR) is 41.5 cm³/mol. The lowest BCUT2D eigenvalue weighted by Gasteiger charge is -1.89. The number of aliphatic carboxylic acids is 1. The molecule has 0 aromatic heterocycles. The van der Waals surface area contributed by atoms with Crippen molar-refractivity contribution in [1.29, 1.82) is 0 Å². The van der Waals surface area contributed by atoms with Crippen molar-refractivity contribution >= 4 is 11.9 Å². The lowest BCUT2D eigenvalue weighted by molar-refractivity contribution is -0.145. The molecule has 0 saturated carbocycles. The van der Waals surface area contributed by atoms with E-state index in [4.69, 9.17) is 10.2 Å². The topological polar surface area (TPSA) is 83.8 Å². The summed E-state index contributed by atoms with van der Waals surface area (Å²) in [6.45, 7) is 4.35. The summed E-state index contributed by atoms with van der Waals surface area (Å²) in [6.07, 6.45) is -0.120. The maximum atomic E-state index is 9.84. The van der Waals surface area contributed by atoms with Gasteiger partial charge in [-0.05, 0) is 6.92 Å². The average molecular weight is 176 g/mol. The van der Waals surface area contributed by atoms with E-state index >= 15 is 0 Å². The summed E-state index contributed by atoms with van der Waals surface area (Å²) in [4.78, 5) is 19.3. The largest absolute Gasteiger partial charge is 0.479 e.